The summed E-state index contributed by atoms with van der Waals surface area (Å²) in [7, 11) is 0. The van der Waals surface area contributed by atoms with Gasteiger partial charge in [-0.15, -0.1) is 0 Å². The lowest BCUT2D eigenvalue weighted by Gasteiger charge is -2.35. The Morgan fingerprint density at radius 1 is 1.33 bits per heavy atom. The average Bonchev–Trinajstić information content (AvgIpc) is 2.46. The first-order valence-electron chi connectivity index (χ1n) is 7.53. The summed E-state index contributed by atoms with van der Waals surface area (Å²) in [5.41, 5.74) is 5.57. The molecule has 1 aliphatic carbocycles. The predicted molar refractivity (Wildman–Crippen MR) is 81.9 cm³/mol. The summed E-state index contributed by atoms with van der Waals surface area (Å²) >= 11 is 0. The van der Waals surface area contributed by atoms with E-state index in [1.807, 2.05) is 6.07 Å². The Balaban J connectivity index is 2.00. The van der Waals surface area contributed by atoms with E-state index in [1.165, 1.54) is 0 Å². The van der Waals surface area contributed by atoms with Gasteiger partial charge in [0.2, 0.25) is 0 Å². The van der Waals surface area contributed by atoms with Crippen molar-refractivity contribution >= 4 is 5.97 Å². The molecular formula is C17H25NO3. The van der Waals surface area contributed by atoms with Crippen LogP contribution in [0.15, 0.2) is 30.3 Å². The summed E-state index contributed by atoms with van der Waals surface area (Å²) in [6.07, 6.45) is 4.26. The number of benzene rings is 1. The highest BCUT2D eigenvalue weighted by molar-refractivity contribution is 5.80. The van der Waals surface area contributed by atoms with Gasteiger partial charge in [0.25, 0.3) is 0 Å². The molecule has 0 spiro atoms. The summed E-state index contributed by atoms with van der Waals surface area (Å²) in [5.74, 6) is -1.05. The van der Waals surface area contributed by atoms with Gasteiger partial charge in [0, 0.05) is 0 Å². The first-order valence-corrected chi connectivity index (χ1v) is 7.53. The first-order chi connectivity index (χ1) is 9.83. The highest BCUT2D eigenvalue weighted by Crippen LogP contribution is 2.36. The van der Waals surface area contributed by atoms with E-state index in [-0.39, 0.29) is 12.7 Å². The number of nitrogens with two attached hydrogens (primary N) is 1. The summed E-state index contributed by atoms with van der Waals surface area (Å²) in [6, 6.07) is 8.91. The molecule has 1 saturated carbocycles. The molecule has 0 heterocycles. The summed E-state index contributed by atoms with van der Waals surface area (Å²) in [4.78, 5) is 11.6. The summed E-state index contributed by atoms with van der Waals surface area (Å²) in [6.45, 7) is 4.53. The Bertz CT molecular complexity index is 476. The number of hydrogen-bond acceptors (Lipinski definition) is 3. The molecule has 0 aliphatic heterocycles. The monoisotopic (exact) mass is 291 g/mol. The van der Waals surface area contributed by atoms with Gasteiger partial charge in [-0.1, -0.05) is 44.2 Å². The lowest BCUT2D eigenvalue weighted by molar-refractivity contribution is -0.148. The number of carbonyl (C=O) groups is 1. The molecule has 1 fully saturated rings. The Labute approximate surface area is 126 Å². The zero-order valence-electron chi connectivity index (χ0n) is 12.8. The van der Waals surface area contributed by atoms with Gasteiger partial charge in [-0.2, -0.15) is 0 Å². The van der Waals surface area contributed by atoms with Crippen molar-refractivity contribution in [3.8, 4) is 0 Å². The van der Waals surface area contributed by atoms with E-state index >= 15 is 0 Å². The second-order valence-electron chi connectivity index (χ2n) is 6.82. The van der Waals surface area contributed by atoms with Crippen LogP contribution in [0.1, 0.15) is 45.1 Å². The maximum Gasteiger partial charge on any atom is 0.330 e. The molecule has 1 aliphatic rings. The van der Waals surface area contributed by atoms with Gasteiger partial charge in [0.15, 0.2) is 5.54 Å². The van der Waals surface area contributed by atoms with E-state index in [0.29, 0.717) is 11.0 Å². The molecule has 0 aromatic heterocycles. The molecule has 0 amide bonds. The van der Waals surface area contributed by atoms with Crippen LogP contribution < -0.4 is 5.73 Å². The van der Waals surface area contributed by atoms with E-state index < -0.39 is 11.5 Å². The Kier molecular flexibility index (Phi) is 4.69. The van der Waals surface area contributed by atoms with Crippen molar-refractivity contribution in [1.82, 2.24) is 0 Å². The second-order valence-corrected chi connectivity index (χ2v) is 6.82. The standard InChI is InChI=1S/C17H25NO3/c1-16(2)10-8-14(9-11-16)21-12-17(18,15(19)20)13-6-4-3-5-7-13/h3-7,14H,8-12,18H2,1-2H3,(H,19,20). The van der Waals surface area contributed by atoms with Crippen LogP contribution >= 0.6 is 0 Å². The van der Waals surface area contributed by atoms with Gasteiger partial charge < -0.3 is 15.6 Å². The lowest BCUT2D eigenvalue weighted by Crippen LogP contribution is -2.49. The number of rotatable bonds is 5. The van der Waals surface area contributed by atoms with Crippen LogP contribution in [0.3, 0.4) is 0 Å². The largest absolute Gasteiger partial charge is 0.480 e. The molecule has 4 heteroatoms. The SMILES string of the molecule is CC1(C)CCC(OCC(N)(C(=O)O)c2ccccc2)CC1. The molecule has 3 N–H and O–H groups in total. The average molecular weight is 291 g/mol. The zero-order valence-corrected chi connectivity index (χ0v) is 12.8. The Morgan fingerprint density at radius 3 is 2.43 bits per heavy atom. The summed E-state index contributed by atoms with van der Waals surface area (Å²) in [5, 5.41) is 9.49. The number of aliphatic carboxylic acids is 1. The quantitative estimate of drug-likeness (QED) is 0.875. The first kappa shape index (κ1) is 16.0. The number of hydrogen-bond donors (Lipinski definition) is 2. The van der Waals surface area contributed by atoms with Gasteiger partial charge in [0.1, 0.15) is 0 Å². The maximum absolute atomic E-state index is 11.6. The molecule has 0 bridgehead atoms. The van der Waals surface area contributed by atoms with Crippen molar-refractivity contribution in [2.45, 2.75) is 51.2 Å². The van der Waals surface area contributed by atoms with Gasteiger partial charge in [-0.25, -0.2) is 4.79 Å². The Morgan fingerprint density at radius 2 is 1.90 bits per heavy atom. The van der Waals surface area contributed by atoms with Crippen LogP contribution in [0.5, 0.6) is 0 Å². The topological polar surface area (TPSA) is 72.5 Å². The Hall–Kier alpha value is -1.39. The highest BCUT2D eigenvalue weighted by Gasteiger charge is 2.38. The molecule has 21 heavy (non-hydrogen) atoms. The fourth-order valence-corrected chi connectivity index (χ4v) is 2.79. The van der Waals surface area contributed by atoms with Crippen molar-refractivity contribution in [1.29, 1.82) is 0 Å². The lowest BCUT2D eigenvalue weighted by atomic mass is 9.76. The van der Waals surface area contributed by atoms with Crippen molar-refractivity contribution in [2.24, 2.45) is 11.1 Å². The molecular weight excluding hydrogens is 266 g/mol. The van der Waals surface area contributed by atoms with E-state index in [2.05, 4.69) is 13.8 Å². The summed E-state index contributed by atoms with van der Waals surface area (Å²) < 4.78 is 5.85. The van der Waals surface area contributed by atoms with Crippen LogP contribution in [0.4, 0.5) is 0 Å². The molecule has 1 aromatic rings. The van der Waals surface area contributed by atoms with Gasteiger partial charge in [-0.3, -0.25) is 0 Å². The predicted octanol–water partition coefficient (Wildman–Crippen LogP) is 2.91. The fourth-order valence-electron chi connectivity index (χ4n) is 2.79. The van der Waals surface area contributed by atoms with E-state index in [9.17, 15) is 9.90 Å². The van der Waals surface area contributed by atoms with Crippen molar-refractivity contribution in [3.63, 3.8) is 0 Å². The molecule has 0 saturated heterocycles. The smallest absolute Gasteiger partial charge is 0.330 e. The minimum Gasteiger partial charge on any atom is -0.480 e. The third-order valence-electron chi connectivity index (χ3n) is 4.50. The number of ether oxygens (including phenoxy) is 1. The molecule has 0 radical (unpaired) electrons. The highest BCUT2D eigenvalue weighted by atomic mass is 16.5. The van der Waals surface area contributed by atoms with Gasteiger partial charge >= 0.3 is 5.97 Å². The number of carboxylic acid groups (broad SMARTS) is 1. The number of carboxylic acids is 1. The second kappa shape index (κ2) is 6.16. The minimum atomic E-state index is -1.48. The molecule has 1 aromatic carbocycles. The minimum absolute atomic E-state index is 0.0114. The molecule has 2 rings (SSSR count). The third kappa shape index (κ3) is 3.83. The van der Waals surface area contributed by atoms with Gasteiger partial charge in [-0.05, 0) is 36.7 Å². The molecule has 4 nitrogen and oxygen atoms in total. The zero-order chi connectivity index (χ0) is 15.5. The van der Waals surface area contributed by atoms with Crippen LogP contribution in [0.2, 0.25) is 0 Å². The van der Waals surface area contributed by atoms with E-state index in [0.717, 1.165) is 25.7 Å². The fraction of sp³-hybridized carbons (Fsp3) is 0.588. The molecule has 1 unspecified atom stereocenters. The normalized spacial score (nSPS) is 21.7. The van der Waals surface area contributed by atoms with Crippen LogP contribution in [0, 0.1) is 5.41 Å². The van der Waals surface area contributed by atoms with Gasteiger partial charge in [0.05, 0.1) is 12.7 Å². The third-order valence-corrected chi connectivity index (χ3v) is 4.50. The van der Waals surface area contributed by atoms with Crippen LogP contribution in [0.25, 0.3) is 0 Å². The van der Waals surface area contributed by atoms with E-state index in [1.54, 1.807) is 24.3 Å². The molecule has 1 atom stereocenters. The van der Waals surface area contributed by atoms with Crippen molar-refractivity contribution < 1.29 is 14.6 Å². The molecule has 116 valence electrons. The van der Waals surface area contributed by atoms with E-state index in [4.69, 9.17) is 10.5 Å². The maximum atomic E-state index is 11.6. The van der Waals surface area contributed by atoms with Crippen molar-refractivity contribution in [2.75, 3.05) is 6.61 Å². The van der Waals surface area contributed by atoms with Crippen LogP contribution in [-0.2, 0) is 15.1 Å². The van der Waals surface area contributed by atoms with Crippen LogP contribution in [-0.4, -0.2) is 23.8 Å². The van der Waals surface area contributed by atoms with Crippen molar-refractivity contribution in [3.05, 3.63) is 35.9 Å².